The quantitative estimate of drug-likeness (QED) is 0.242. The second-order valence-corrected chi connectivity index (χ2v) is 11.1. The van der Waals surface area contributed by atoms with Crippen LogP contribution in [-0.2, 0) is 14.3 Å². The minimum absolute atomic E-state index is 0.313. The van der Waals surface area contributed by atoms with Crippen LogP contribution in [0.5, 0.6) is 0 Å². The third-order valence-electron chi connectivity index (χ3n) is 5.84. The number of ether oxygens (including phenoxy) is 1. The fourth-order valence-corrected chi connectivity index (χ4v) is 4.43. The number of aryl methyl sites for hydroxylation is 1. The van der Waals surface area contributed by atoms with Crippen LogP contribution >= 0.6 is 11.8 Å². The van der Waals surface area contributed by atoms with Crippen molar-refractivity contribution < 1.29 is 24.2 Å². The molecule has 8 heteroatoms. The Morgan fingerprint density at radius 2 is 1.82 bits per heavy atom. The third-order valence-corrected chi connectivity index (χ3v) is 6.48. The van der Waals surface area contributed by atoms with E-state index in [1.165, 1.54) is 11.8 Å². The number of aromatic nitrogens is 1. The van der Waals surface area contributed by atoms with Crippen molar-refractivity contribution in [3.63, 3.8) is 0 Å². The van der Waals surface area contributed by atoms with Gasteiger partial charge in [-0.3, -0.25) is 9.78 Å². The van der Waals surface area contributed by atoms with Gasteiger partial charge in [0.15, 0.2) is 0 Å². The number of carbonyl (C=O) groups excluding carboxylic acids is 2. The van der Waals surface area contributed by atoms with Crippen molar-refractivity contribution in [2.45, 2.75) is 45.8 Å². The molecule has 204 valence electrons. The fourth-order valence-electron chi connectivity index (χ4n) is 3.96. The number of esters is 1. The molecule has 39 heavy (non-hydrogen) atoms. The highest BCUT2D eigenvalue weighted by Crippen LogP contribution is 2.30. The molecule has 3 rings (SSSR count). The van der Waals surface area contributed by atoms with Crippen LogP contribution in [0.4, 0.5) is 0 Å². The van der Waals surface area contributed by atoms with Crippen LogP contribution in [-0.4, -0.2) is 51.6 Å². The minimum Gasteiger partial charge on any atom is -0.480 e. The lowest BCUT2D eigenvalue weighted by Gasteiger charge is -2.21. The van der Waals surface area contributed by atoms with Gasteiger partial charge in [0, 0.05) is 23.5 Å². The molecule has 3 aromatic rings. The van der Waals surface area contributed by atoms with E-state index in [9.17, 15) is 19.5 Å². The first-order valence-electron chi connectivity index (χ1n) is 12.6. The van der Waals surface area contributed by atoms with Crippen LogP contribution < -0.4 is 5.32 Å². The number of thioether (sulfide) groups is 1. The molecule has 1 unspecified atom stereocenters. The maximum absolute atomic E-state index is 13.4. The molecule has 0 saturated heterocycles. The number of aliphatic carboxylic acids is 1. The second-order valence-electron chi connectivity index (χ2n) is 10.1. The van der Waals surface area contributed by atoms with E-state index in [-0.39, 0.29) is 0 Å². The number of benzene rings is 2. The van der Waals surface area contributed by atoms with Gasteiger partial charge in [0.05, 0.1) is 5.57 Å². The molecular weight excluding hydrogens is 512 g/mol. The predicted molar refractivity (Wildman–Crippen MR) is 156 cm³/mol. The molecule has 2 aromatic carbocycles. The van der Waals surface area contributed by atoms with Crippen LogP contribution in [0.1, 0.15) is 54.2 Å². The zero-order chi connectivity index (χ0) is 28.6. The lowest BCUT2D eigenvalue weighted by molar-refractivity contribution is -0.147. The van der Waals surface area contributed by atoms with Gasteiger partial charge in [-0.15, -0.1) is 0 Å². The summed E-state index contributed by atoms with van der Waals surface area (Å²) in [5.41, 5.74) is 3.66. The number of hydrogen-bond acceptors (Lipinski definition) is 6. The molecule has 0 aliphatic carbocycles. The number of nitrogens with one attached hydrogen (secondary N) is 1. The zero-order valence-corrected chi connectivity index (χ0v) is 23.7. The van der Waals surface area contributed by atoms with Crippen molar-refractivity contribution in [2.24, 2.45) is 0 Å². The Labute approximate surface area is 233 Å². The first-order valence-corrected chi connectivity index (χ1v) is 14.0. The Bertz CT molecular complexity index is 1360. The van der Waals surface area contributed by atoms with Crippen LogP contribution in [0.3, 0.4) is 0 Å². The average Bonchev–Trinajstić information content (AvgIpc) is 2.89. The number of amides is 1. The molecule has 0 bridgehead atoms. The van der Waals surface area contributed by atoms with E-state index in [1.807, 2.05) is 43.5 Å². The molecule has 0 fully saturated rings. The van der Waals surface area contributed by atoms with Gasteiger partial charge in [-0.05, 0) is 92.7 Å². The highest BCUT2D eigenvalue weighted by atomic mass is 32.2. The first kappa shape index (κ1) is 29.6. The number of hydrogen-bond donors (Lipinski definition) is 2. The molecule has 0 saturated carbocycles. The first-order chi connectivity index (χ1) is 18.5. The lowest BCUT2D eigenvalue weighted by Crippen LogP contribution is -2.41. The summed E-state index contributed by atoms with van der Waals surface area (Å²) < 4.78 is 5.66. The molecule has 0 aliphatic rings. The van der Waals surface area contributed by atoms with Gasteiger partial charge in [0.2, 0.25) is 0 Å². The van der Waals surface area contributed by atoms with E-state index < -0.39 is 29.5 Å². The topological polar surface area (TPSA) is 106 Å². The molecule has 1 heterocycles. The molecule has 1 amide bonds. The van der Waals surface area contributed by atoms with Crippen LogP contribution in [0, 0.1) is 6.92 Å². The number of rotatable bonds is 10. The van der Waals surface area contributed by atoms with Crippen LogP contribution in [0.25, 0.3) is 22.8 Å². The number of nitrogens with zero attached hydrogens (tertiary/aromatic N) is 1. The van der Waals surface area contributed by atoms with E-state index >= 15 is 0 Å². The van der Waals surface area contributed by atoms with E-state index in [2.05, 4.69) is 10.3 Å². The normalized spacial score (nSPS) is 12.5. The Balaban J connectivity index is 2.12. The smallest absolute Gasteiger partial charge is 0.339 e. The average molecular weight is 547 g/mol. The van der Waals surface area contributed by atoms with E-state index in [1.54, 1.807) is 63.5 Å². The van der Waals surface area contributed by atoms with Gasteiger partial charge >= 0.3 is 11.9 Å². The Morgan fingerprint density at radius 1 is 1.08 bits per heavy atom. The van der Waals surface area contributed by atoms with Gasteiger partial charge in [-0.2, -0.15) is 11.8 Å². The van der Waals surface area contributed by atoms with Crippen molar-refractivity contribution in [1.82, 2.24) is 10.3 Å². The van der Waals surface area contributed by atoms with Crippen molar-refractivity contribution in [3.8, 4) is 11.1 Å². The molecule has 0 aliphatic heterocycles. The molecule has 7 nitrogen and oxygen atoms in total. The summed E-state index contributed by atoms with van der Waals surface area (Å²) >= 11 is 1.52. The summed E-state index contributed by atoms with van der Waals surface area (Å²) in [7, 11) is 0. The summed E-state index contributed by atoms with van der Waals surface area (Å²) in [5, 5.41) is 12.3. The summed E-state index contributed by atoms with van der Waals surface area (Å²) in [6.45, 7) is 7.36. The van der Waals surface area contributed by atoms with Gasteiger partial charge < -0.3 is 15.2 Å². The highest BCUT2D eigenvalue weighted by Gasteiger charge is 2.24. The Hall–Kier alpha value is -3.91. The Kier molecular flexibility index (Phi) is 10.1. The summed E-state index contributed by atoms with van der Waals surface area (Å²) in [5.74, 6) is -1.44. The molecule has 2 N–H and O–H groups in total. The van der Waals surface area contributed by atoms with Crippen LogP contribution in [0.2, 0.25) is 0 Å². The largest absolute Gasteiger partial charge is 0.480 e. The molecule has 1 aromatic heterocycles. The predicted octanol–water partition coefficient (Wildman–Crippen LogP) is 5.88. The van der Waals surface area contributed by atoms with Gasteiger partial charge in [-0.25, -0.2) is 9.59 Å². The summed E-state index contributed by atoms with van der Waals surface area (Å²) in [6, 6.07) is 15.4. The number of carboxylic acids is 1. The van der Waals surface area contributed by atoms with Crippen LogP contribution in [0.15, 0.2) is 67.0 Å². The van der Waals surface area contributed by atoms with Crippen molar-refractivity contribution in [1.29, 1.82) is 0 Å². The van der Waals surface area contributed by atoms with E-state index in [0.29, 0.717) is 40.0 Å². The number of carboxylic acid groups (broad SMARTS) is 1. The lowest BCUT2D eigenvalue weighted by atomic mass is 9.92. The van der Waals surface area contributed by atoms with E-state index in [4.69, 9.17) is 4.74 Å². The SMILES string of the molecule is CSCCC(NC(=O)c1ccc(C=C(C(=O)OC(C)(C)C)c2cccnc2)cc1-c1ccccc1C)C(=O)O. The second kappa shape index (κ2) is 13.2. The third kappa shape index (κ3) is 8.29. The maximum Gasteiger partial charge on any atom is 0.339 e. The monoisotopic (exact) mass is 546 g/mol. The van der Waals surface area contributed by atoms with Crippen molar-refractivity contribution >= 4 is 41.3 Å². The van der Waals surface area contributed by atoms with Gasteiger partial charge in [-0.1, -0.05) is 36.4 Å². The summed E-state index contributed by atoms with van der Waals surface area (Å²) in [6.07, 6.45) is 7.14. The maximum atomic E-state index is 13.4. The van der Waals surface area contributed by atoms with Crippen molar-refractivity contribution in [2.75, 3.05) is 12.0 Å². The molecular formula is C31H34N2O5S. The van der Waals surface area contributed by atoms with Crippen molar-refractivity contribution in [3.05, 3.63) is 89.2 Å². The van der Waals surface area contributed by atoms with E-state index in [0.717, 1.165) is 11.1 Å². The minimum atomic E-state index is -1.08. The number of carbonyl (C=O) groups is 3. The highest BCUT2D eigenvalue weighted by molar-refractivity contribution is 7.98. The van der Waals surface area contributed by atoms with Gasteiger partial charge in [0.1, 0.15) is 11.6 Å². The molecule has 0 radical (unpaired) electrons. The number of pyridine rings is 1. The zero-order valence-electron chi connectivity index (χ0n) is 22.9. The molecule has 0 spiro atoms. The Morgan fingerprint density at radius 3 is 2.44 bits per heavy atom. The molecule has 1 atom stereocenters. The fraction of sp³-hybridized carbons (Fsp3) is 0.290. The van der Waals surface area contributed by atoms with Gasteiger partial charge in [0.25, 0.3) is 5.91 Å². The standard InChI is InChI=1S/C31H34N2O5S/c1-20-9-6-7-11-23(20)26-18-21(12-13-24(26)28(34)33-27(29(35)36)14-16-39-5)17-25(22-10-8-15-32-19-22)30(37)38-31(2,3)4/h6-13,15,17-19,27H,14,16H2,1-5H3,(H,33,34)(H,35,36). The summed E-state index contributed by atoms with van der Waals surface area (Å²) in [4.78, 5) is 42.5.